The third kappa shape index (κ3) is 4.41. The van der Waals surface area contributed by atoms with Gasteiger partial charge in [0.15, 0.2) is 0 Å². The van der Waals surface area contributed by atoms with Crippen molar-refractivity contribution in [1.82, 2.24) is 0 Å². The van der Waals surface area contributed by atoms with Crippen LogP contribution in [0, 0.1) is 0 Å². The summed E-state index contributed by atoms with van der Waals surface area (Å²) in [5.74, 6) is 0. The Kier molecular flexibility index (Phi) is 5.13. The van der Waals surface area contributed by atoms with Gasteiger partial charge in [-0.2, -0.15) is 0 Å². The molecule has 20 heteroatoms. The molecule has 0 amide bonds. The summed E-state index contributed by atoms with van der Waals surface area (Å²) in [7, 11) is -26.8. The van der Waals surface area contributed by atoms with Crippen LogP contribution < -0.4 is 0 Å². The number of hydrogen-bond donors (Lipinski definition) is 1. The average Bonchev–Trinajstić information content (AvgIpc) is 2.24. The summed E-state index contributed by atoms with van der Waals surface area (Å²) >= 11 is 0. The molecule has 1 N–H and O–H groups in total. The van der Waals surface area contributed by atoms with Gasteiger partial charge in [-0.1, -0.05) is 0 Å². The first-order valence-corrected chi connectivity index (χ1v) is 26.6. The minimum Gasteiger partial charge on any atom is -0.397 e. The van der Waals surface area contributed by atoms with Crippen LogP contribution >= 0.6 is 0 Å². The van der Waals surface area contributed by atoms with E-state index in [0.29, 0.717) is 0 Å². The van der Waals surface area contributed by atoms with Gasteiger partial charge in [-0.15, -0.1) is 0 Å². The molecule has 0 saturated carbocycles. The summed E-state index contributed by atoms with van der Waals surface area (Å²) in [5.41, 5.74) is 0. The maximum Gasteiger partial charge on any atom is 0.480 e. The Balaban J connectivity index is 1.93. The van der Waals surface area contributed by atoms with Gasteiger partial charge < -0.3 is 50.1 Å². The van der Waals surface area contributed by atoms with Crippen molar-refractivity contribution in [2.45, 2.75) is 52.4 Å². The molecule has 0 aromatic heterocycles. The zero-order valence-electron chi connectivity index (χ0n) is 17.0. The van der Waals surface area contributed by atoms with Crippen molar-refractivity contribution in [3.63, 3.8) is 0 Å². The van der Waals surface area contributed by atoms with Crippen molar-refractivity contribution in [2.75, 3.05) is 0 Å². The van der Waals surface area contributed by atoms with Crippen molar-refractivity contribution in [2.24, 2.45) is 0 Å². The Hall–Kier alpha value is 1.26. The van der Waals surface area contributed by atoms with Crippen molar-refractivity contribution in [3.8, 4) is 0 Å². The van der Waals surface area contributed by atoms with Crippen LogP contribution in [0.1, 0.15) is 0 Å². The Morgan fingerprint density at radius 2 is 0.714 bits per heavy atom. The van der Waals surface area contributed by atoms with E-state index >= 15 is 0 Å². The van der Waals surface area contributed by atoms with Gasteiger partial charge in [0.1, 0.15) is 0 Å². The standard InChI is InChI=1S/C8H26O12Si8/c1-21-10-23(3)14-25(5)12-22(2,9)13-26(6)15-24(4,11-21)17-27(7,16-23)20-28(8,18-25)19-26/h9,21H,1-8H3. The molecule has 4 aliphatic heterocycles. The number of fused-ring (bicyclic) bond motifs is 4. The lowest BCUT2D eigenvalue weighted by molar-refractivity contribution is 0.0138. The zero-order valence-corrected chi connectivity index (χ0v) is 25.2. The van der Waals surface area contributed by atoms with Gasteiger partial charge in [-0.3, -0.25) is 0 Å². The minimum absolute atomic E-state index is 1.47. The van der Waals surface area contributed by atoms with E-state index in [4.69, 9.17) is 45.3 Å². The van der Waals surface area contributed by atoms with Crippen molar-refractivity contribution < 1.29 is 50.1 Å². The molecule has 6 bridgehead atoms. The van der Waals surface area contributed by atoms with Crippen LogP contribution in [0.15, 0.2) is 0 Å². The highest BCUT2D eigenvalue weighted by Gasteiger charge is 2.73. The summed E-state index contributed by atoms with van der Waals surface area (Å²) in [6, 6.07) is 0. The van der Waals surface area contributed by atoms with Gasteiger partial charge in [0, 0.05) is 45.8 Å². The highest BCUT2D eigenvalue weighted by Crippen LogP contribution is 2.43. The summed E-state index contributed by atoms with van der Waals surface area (Å²) in [6.45, 7) is 13.5. The monoisotopic (exact) mass is 538 g/mol. The molecule has 28 heavy (non-hydrogen) atoms. The van der Waals surface area contributed by atoms with Gasteiger partial charge >= 0.3 is 70.9 Å². The molecule has 4 aliphatic rings. The first kappa shape index (κ1) is 22.4. The largest absolute Gasteiger partial charge is 0.480 e. The third-order valence-corrected chi connectivity index (χ3v) is 36.9. The Morgan fingerprint density at radius 1 is 0.464 bits per heavy atom. The SMILES string of the molecule is C[SiH]1O[Si]2(C)O[Si]3(C)O[Si](C)(O)O[Si]4(C)O[Si](C)(O1)O[Si](C)(O2)O[Si](C)(O3)O4. The smallest absolute Gasteiger partial charge is 0.397 e. The molecule has 0 spiro atoms. The second-order valence-electron chi connectivity index (χ2n) is 7.79. The second kappa shape index (κ2) is 6.40. The lowest BCUT2D eigenvalue weighted by Crippen LogP contribution is -2.81. The van der Waals surface area contributed by atoms with E-state index in [9.17, 15) is 4.80 Å². The third-order valence-electron chi connectivity index (χ3n) is 4.11. The number of rotatable bonds is 0. The summed E-state index contributed by atoms with van der Waals surface area (Å²) in [4.78, 5) is 10.9. The second-order valence-corrected chi connectivity index (χ2v) is 30.3. The fourth-order valence-electron chi connectivity index (χ4n) is 4.08. The van der Waals surface area contributed by atoms with E-state index in [1.54, 1.807) is 39.3 Å². The molecule has 4 heterocycles. The van der Waals surface area contributed by atoms with Crippen molar-refractivity contribution in [3.05, 3.63) is 0 Å². The zero-order chi connectivity index (χ0) is 20.9. The van der Waals surface area contributed by atoms with E-state index in [1.165, 1.54) is 6.55 Å². The van der Waals surface area contributed by atoms with Crippen LogP contribution in [0.25, 0.3) is 0 Å². The molecule has 4 rings (SSSR count). The summed E-state index contributed by atoms with van der Waals surface area (Å²) < 4.78 is 68.5. The van der Waals surface area contributed by atoms with E-state index < -0.39 is 70.9 Å². The van der Waals surface area contributed by atoms with Gasteiger partial charge in [0.2, 0.25) is 0 Å². The number of hydrogen-bond acceptors (Lipinski definition) is 12. The molecule has 4 unspecified atom stereocenters. The Labute approximate surface area is 173 Å². The molecule has 0 aromatic carbocycles. The van der Waals surface area contributed by atoms with Crippen LogP contribution in [-0.4, -0.2) is 75.7 Å². The van der Waals surface area contributed by atoms with E-state index in [0.717, 1.165) is 0 Å². The van der Waals surface area contributed by atoms with Crippen LogP contribution in [-0.2, 0) is 45.3 Å². The molecule has 4 saturated heterocycles. The van der Waals surface area contributed by atoms with Gasteiger partial charge in [-0.25, -0.2) is 0 Å². The normalized spacial score (nSPS) is 62.2. The molecule has 0 aromatic rings. The Morgan fingerprint density at radius 3 is 1.04 bits per heavy atom. The van der Waals surface area contributed by atoms with Crippen LogP contribution in [0.3, 0.4) is 0 Å². The summed E-state index contributed by atoms with van der Waals surface area (Å²) in [5, 5.41) is 0. The highest BCUT2D eigenvalue weighted by atomic mass is 28.6. The highest BCUT2D eigenvalue weighted by molar-refractivity contribution is 6.98. The first-order valence-electron chi connectivity index (χ1n) is 8.85. The maximum absolute atomic E-state index is 10.9. The molecule has 0 radical (unpaired) electrons. The molecular weight excluding hydrogens is 513 g/mol. The van der Waals surface area contributed by atoms with E-state index in [-0.39, 0.29) is 0 Å². The topological polar surface area (TPSA) is 122 Å². The Bertz CT molecular complexity index is 617. The maximum atomic E-state index is 10.9. The van der Waals surface area contributed by atoms with Crippen LogP contribution in [0.2, 0.25) is 52.4 Å². The van der Waals surface area contributed by atoms with Gasteiger partial charge in [0.05, 0.1) is 0 Å². The van der Waals surface area contributed by atoms with Crippen LogP contribution in [0.5, 0.6) is 0 Å². The first-order chi connectivity index (χ1) is 12.5. The molecule has 162 valence electrons. The van der Waals surface area contributed by atoms with Gasteiger partial charge in [0.25, 0.3) is 0 Å². The molecular formula is C8H26O12Si8. The molecule has 0 aliphatic carbocycles. The minimum atomic E-state index is -3.77. The fraction of sp³-hybridized carbons (Fsp3) is 1.00. The summed E-state index contributed by atoms with van der Waals surface area (Å²) in [6.07, 6.45) is 0. The molecule has 4 atom stereocenters. The lowest BCUT2D eigenvalue weighted by atomic mass is 11.9. The van der Waals surface area contributed by atoms with Crippen molar-refractivity contribution >= 4 is 70.9 Å². The fourth-order valence-corrected chi connectivity index (χ4v) is 44.5. The quantitative estimate of drug-likeness (QED) is 0.419. The predicted octanol–water partition coefficient (Wildman–Crippen LogP) is 0.0469. The average molecular weight is 539 g/mol. The molecule has 4 fully saturated rings. The molecule has 12 nitrogen and oxygen atoms in total. The van der Waals surface area contributed by atoms with E-state index in [2.05, 4.69) is 0 Å². The van der Waals surface area contributed by atoms with Crippen molar-refractivity contribution in [1.29, 1.82) is 0 Å². The van der Waals surface area contributed by atoms with Crippen LogP contribution in [0.4, 0.5) is 0 Å². The predicted molar refractivity (Wildman–Crippen MR) is 108 cm³/mol. The van der Waals surface area contributed by atoms with E-state index in [1.807, 2.05) is 6.55 Å². The van der Waals surface area contributed by atoms with Gasteiger partial charge in [-0.05, 0) is 6.55 Å². The lowest BCUT2D eigenvalue weighted by Gasteiger charge is -2.56.